The van der Waals surface area contributed by atoms with Gasteiger partial charge in [-0.15, -0.1) is 17.5 Å². The highest BCUT2D eigenvalue weighted by Crippen LogP contribution is 2.43. The van der Waals surface area contributed by atoms with E-state index in [0.29, 0.717) is 21.6 Å². The van der Waals surface area contributed by atoms with Crippen LogP contribution in [0.25, 0.3) is 11.1 Å². The van der Waals surface area contributed by atoms with Gasteiger partial charge < -0.3 is 11.1 Å². The molecule has 0 radical (unpaired) electrons. The molecule has 0 saturated heterocycles. The Hall–Kier alpha value is -3.57. The molecule has 32 heavy (non-hydrogen) atoms. The largest absolute Gasteiger partial charge is 0.383 e. The van der Waals surface area contributed by atoms with Gasteiger partial charge in [0.1, 0.15) is 11.6 Å². The molecule has 2 aromatic carbocycles. The molecule has 1 heterocycles. The first kappa shape index (κ1) is 23.1. The van der Waals surface area contributed by atoms with Crippen molar-refractivity contribution in [1.29, 1.82) is 5.41 Å². The van der Waals surface area contributed by atoms with E-state index in [1.807, 2.05) is 26.8 Å². The summed E-state index contributed by atoms with van der Waals surface area (Å²) in [6, 6.07) is 7.82. The van der Waals surface area contributed by atoms with Gasteiger partial charge in [-0.2, -0.15) is 0 Å². The summed E-state index contributed by atoms with van der Waals surface area (Å²) in [6.07, 6.45) is 2.32. The molecule has 3 rings (SSSR count). The van der Waals surface area contributed by atoms with E-state index in [1.54, 1.807) is 12.1 Å². The number of nitrogens with two attached hydrogens (primary N) is 1. The molecule has 3 aromatic rings. The number of pyridine rings is 1. The number of anilines is 1. The molecular weight excluding hydrogens is 430 g/mol. The van der Waals surface area contributed by atoms with Crippen LogP contribution in [-0.4, -0.2) is 11.2 Å². The number of rotatable bonds is 3. The van der Waals surface area contributed by atoms with Gasteiger partial charge in [-0.3, -0.25) is 0 Å². The van der Waals surface area contributed by atoms with Crippen LogP contribution in [0, 0.1) is 33.8 Å². The van der Waals surface area contributed by atoms with Crippen molar-refractivity contribution in [3.8, 4) is 23.0 Å². The average Bonchev–Trinajstić information content (AvgIpc) is 2.73. The highest BCUT2D eigenvalue weighted by atomic mass is 32.1. The summed E-state index contributed by atoms with van der Waals surface area (Å²) in [5.41, 5.74) is 5.96. The van der Waals surface area contributed by atoms with Gasteiger partial charge >= 0.3 is 0 Å². The first-order valence-corrected chi connectivity index (χ1v) is 9.99. The molecule has 5 nitrogen and oxygen atoms in total. The second-order valence-electron chi connectivity index (χ2n) is 8.08. The highest BCUT2D eigenvalue weighted by Gasteiger charge is 2.26. The first-order valence-electron chi connectivity index (χ1n) is 9.54. The second kappa shape index (κ2) is 8.89. The van der Waals surface area contributed by atoms with Crippen molar-refractivity contribution in [2.75, 3.05) is 5.73 Å². The van der Waals surface area contributed by atoms with Crippen molar-refractivity contribution in [2.24, 2.45) is 5.18 Å². The Balaban J connectivity index is 2.22. The van der Waals surface area contributed by atoms with Gasteiger partial charge in [0, 0.05) is 39.6 Å². The summed E-state index contributed by atoms with van der Waals surface area (Å²) >= 11 is 4.46. The minimum Gasteiger partial charge on any atom is -0.383 e. The smallest absolute Gasteiger partial charge is 0.171 e. The van der Waals surface area contributed by atoms with E-state index in [-0.39, 0.29) is 16.8 Å². The summed E-state index contributed by atoms with van der Waals surface area (Å²) in [6.45, 7) is 5.84. The fourth-order valence-electron chi connectivity index (χ4n) is 3.26. The number of nitrogens with zero attached hydrogens (tertiary/aromatic N) is 2. The average molecular weight is 451 g/mol. The van der Waals surface area contributed by atoms with Gasteiger partial charge in [-0.25, -0.2) is 13.8 Å². The minimum atomic E-state index is -1.16. The summed E-state index contributed by atoms with van der Waals surface area (Å²) in [7, 11) is 0. The maximum Gasteiger partial charge on any atom is 0.171 e. The standard InChI is InChI=1S/C24H20F2N4OS/c1-24(2,3)17-5-4-6-19(32)20(17)16-10-18(25)15(21(26)22(16)30-31)8-7-13-9-14(11-27)23(28)29-12-13/h4-6,9-12,27,32H,1-3H3,(H2,28,29). The molecule has 0 aliphatic rings. The van der Waals surface area contributed by atoms with Crippen LogP contribution in [0.1, 0.15) is 43.0 Å². The lowest BCUT2D eigenvalue weighted by molar-refractivity contribution is 0.577. The molecule has 0 spiro atoms. The number of nitroso groups, excluding NO2 is 1. The van der Waals surface area contributed by atoms with Crippen molar-refractivity contribution in [3.05, 3.63) is 75.3 Å². The van der Waals surface area contributed by atoms with E-state index in [1.165, 1.54) is 12.3 Å². The first-order chi connectivity index (χ1) is 15.1. The predicted molar refractivity (Wildman–Crippen MR) is 126 cm³/mol. The van der Waals surface area contributed by atoms with Gasteiger partial charge in [0.2, 0.25) is 0 Å². The lowest BCUT2D eigenvalue weighted by atomic mass is 9.81. The van der Waals surface area contributed by atoms with Crippen molar-refractivity contribution in [3.63, 3.8) is 0 Å². The molecular formula is C24H20F2N4OS. The third kappa shape index (κ3) is 4.39. The van der Waals surface area contributed by atoms with E-state index in [4.69, 9.17) is 11.1 Å². The molecule has 1 aromatic heterocycles. The maximum absolute atomic E-state index is 15.2. The van der Waals surface area contributed by atoms with Crippen LogP contribution in [0.3, 0.4) is 0 Å². The maximum atomic E-state index is 15.2. The molecule has 0 aliphatic heterocycles. The van der Waals surface area contributed by atoms with Gasteiger partial charge in [-0.05, 0) is 34.4 Å². The fourth-order valence-corrected chi connectivity index (χ4v) is 3.59. The quantitative estimate of drug-likeness (QED) is 0.198. The monoisotopic (exact) mass is 450 g/mol. The lowest BCUT2D eigenvalue weighted by Crippen LogP contribution is -2.13. The van der Waals surface area contributed by atoms with Crippen molar-refractivity contribution < 1.29 is 8.78 Å². The van der Waals surface area contributed by atoms with E-state index in [9.17, 15) is 4.91 Å². The number of hydrogen-bond acceptors (Lipinski definition) is 6. The van der Waals surface area contributed by atoms with Crippen LogP contribution in [-0.2, 0) is 5.41 Å². The number of hydrogen-bond donors (Lipinski definition) is 3. The zero-order valence-electron chi connectivity index (χ0n) is 17.6. The topological polar surface area (TPSA) is 92.2 Å². The van der Waals surface area contributed by atoms with Crippen LogP contribution < -0.4 is 5.73 Å². The third-order valence-electron chi connectivity index (χ3n) is 4.84. The fraction of sp³-hybridized carbons (Fsp3) is 0.167. The summed E-state index contributed by atoms with van der Waals surface area (Å²) in [5, 5.41) is 10.2. The van der Waals surface area contributed by atoms with Gasteiger partial charge in [-0.1, -0.05) is 44.7 Å². The molecule has 162 valence electrons. The van der Waals surface area contributed by atoms with Crippen molar-refractivity contribution in [2.45, 2.75) is 31.1 Å². The molecule has 8 heteroatoms. The summed E-state index contributed by atoms with van der Waals surface area (Å²) in [4.78, 5) is 16.0. The third-order valence-corrected chi connectivity index (χ3v) is 5.21. The molecule has 0 amide bonds. The van der Waals surface area contributed by atoms with E-state index in [0.717, 1.165) is 17.8 Å². The van der Waals surface area contributed by atoms with Crippen LogP contribution in [0.4, 0.5) is 20.3 Å². The Kier molecular flexibility index (Phi) is 6.42. The summed E-state index contributed by atoms with van der Waals surface area (Å²) < 4.78 is 30.2. The Morgan fingerprint density at radius 3 is 2.56 bits per heavy atom. The van der Waals surface area contributed by atoms with Crippen LogP contribution in [0.5, 0.6) is 0 Å². The highest BCUT2D eigenvalue weighted by molar-refractivity contribution is 7.80. The Bertz CT molecular complexity index is 1300. The van der Waals surface area contributed by atoms with Gasteiger partial charge in [0.05, 0.1) is 5.56 Å². The van der Waals surface area contributed by atoms with Gasteiger partial charge in [0.15, 0.2) is 11.5 Å². The van der Waals surface area contributed by atoms with E-state index in [2.05, 4.69) is 34.6 Å². The Morgan fingerprint density at radius 1 is 1.22 bits per heavy atom. The van der Waals surface area contributed by atoms with Crippen LogP contribution >= 0.6 is 12.6 Å². The number of aromatic nitrogens is 1. The van der Waals surface area contributed by atoms with Crippen molar-refractivity contribution in [1.82, 2.24) is 4.98 Å². The van der Waals surface area contributed by atoms with Crippen LogP contribution in [0.2, 0.25) is 0 Å². The molecule has 0 saturated carbocycles. The zero-order valence-corrected chi connectivity index (χ0v) is 18.5. The Morgan fingerprint density at radius 2 is 1.94 bits per heavy atom. The van der Waals surface area contributed by atoms with Crippen molar-refractivity contribution >= 4 is 30.3 Å². The molecule has 0 atom stereocenters. The van der Waals surface area contributed by atoms with E-state index >= 15 is 8.78 Å². The number of benzene rings is 2. The molecule has 0 bridgehead atoms. The van der Waals surface area contributed by atoms with E-state index < -0.39 is 22.9 Å². The second-order valence-corrected chi connectivity index (χ2v) is 8.56. The number of thiol groups is 1. The summed E-state index contributed by atoms with van der Waals surface area (Å²) in [5.74, 6) is 3.04. The van der Waals surface area contributed by atoms with Crippen LogP contribution in [0.15, 0.2) is 46.6 Å². The molecule has 0 unspecified atom stereocenters. The molecule has 3 N–H and O–H groups in total. The SMILES string of the molecule is CC(C)(C)c1cccc(S)c1-c1cc(F)c(C#Cc2cnc(N)c(C=N)c2)c(F)c1N=O. The number of halogens is 2. The Labute approximate surface area is 190 Å². The molecule has 0 fully saturated rings. The lowest BCUT2D eigenvalue weighted by Gasteiger charge is -2.24. The predicted octanol–water partition coefficient (Wildman–Crippen LogP) is 5.99. The minimum absolute atomic E-state index is 0.0105. The zero-order chi connectivity index (χ0) is 23.6. The molecule has 0 aliphatic carbocycles. The normalized spacial score (nSPS) is 10.9. The number of nitrogens with one attached hydrogen (secondary N) is 1. The number of nitrogen functional groups attached to an aromatic ring is 1. The van der Waals surface area contributed by atoms with Gasteiger partial charge in [0.25, 0.3) is 0 Å².